The molecule has 0 bridgehead atoms. The molecule has 4 nitrogen and oxygen atoms in total. The van der Waals surface area contributed by atoms with E-state index in [0.717, 1.165) is 18.7 Å². The number of aliphatic hydroxyl groups excluding tert-OH is 1. The van der Waals surface area contributed by atoms with E-state index >= 15 is 0 Å². The van der Waals surface area contributed by atoms with Gasteiger partial charge in [-0.3, -0.25) is 9.58 Å². The molecular weight excluding hydrogens is 178 g/mol. The van der Waals surface area contributed by atoms with Gasteiger partial charge in [0.1, 0.15) is 0 Å². The monoisotopic (exact) mass is 197 g/mol. The average molecular weight is 197 g/mol. The summed E-state index contributed by atoms with van der Waals surface area (Å²) in [5.41, 5.74) is 2.41. The first kappa shape index (κ1) is 11.2. The summed E-state index contributed by atoms with van der Waals surface area (Å²) in [7, 11) is 3.94. The fraction of sp³-hybridized carbons (Fsp3) is 0.700. The predicted molar refractivity (Wildman–Crippen MR) is 56.0 cm³/mol. The second-order valence-corrected chi connectivity index (χ2v) is 3.59. The molecule has 0 aromatic carbocycles. The van der Waals surface area contributed by atoms with Crippen LogP contribution in [0.15, 0.2) is 6.20 Å². The van der Waals surface area contributed by atoms with Gasteiger partial charge in [-0.25, -0.2) is 0 Å². The lowest BCUT2D eigenvalue weighted by molar-refractivity contribution is 0.217. The van der Waals surface area contributed by atoms with E-state index in [4.69, 9.17) is 5.11 Å². The van der Waals surface area contributed by atoms with Crippen molar-refractivity contribution in [1.29, 1.82) is 0 Å². The van der Waals surface area contributed by atoms with Crippen LogP contribution in [0.4, 0.5) is 0 Å². The summed E-state index contributed by atoms with van der Waals surface area (Å²) in [6.45, 7) is 3.88. The third-order valence-corrected chi connectivity index (χ3v) is 2.25. The zero-order valence-corrected chi connectivity index (χ0v) is 9.19. The molecule has 0 amide bonds. The molecule has 14 heavy (non-hydrogen) atoms. The quantitative estimate of drug-likeness (QED) is 0.743. The third kappa shape index (κ3) is 2.82. The van der Waals surface area contributed by atoms with Gasteiger partial charge >= 0.3 is 0 Å². The minimum Gasteiger partial charge on any atom is -0.395 e. The minimum atomic E-state index is 0.207. The van der Waals surface area contributed by atoms with Crippen LogP contribution in [-0.2, 0) is 20.0 Å². The van der Waals surface area contributed by atoms with E-state index in [0.29, 0.717) is 6.54 Å². The Bertz CT molecular complexity index is 283. The molecule has 0 saturated heterocycles. The van der Waals surface area contributed by atoms with Crippen LogP contribution in [0.1, 0.15) is 18.2 Å². The van der Waals surface area contributed by atoms with Gasteiger partial charge in [-0.1, -0.05) is 6.92 Å². The SMILES string of the molecule is CCc1nn(C)cc1CN(C)CCO. The maximum atomic E-state index is 8.78. The molecular formula is C10H19N3O. The van der Waals surface area contributed by atoms with Crippen molar-refractivity contribution < 1.29 is 5.11 Å². The highest BCUT2D eigenvalue weighted by Gasteiger charge is 2.07. The van der Waals surface area contributed by atoms with Crippen molar-refractivity contribution in [3.05, 3.63) is 17.5 Å². The van der Waals surface area contributed by atoms with Crippen LogP contribution < -0.4 is 0 Å². The number of hydrogen-bond acceptors (Lipinski definition) is 3. The van der Waals surface area contributed by atoms with Crippen molar-refractivity contribution >= 4 is 0 Å². The Kier molecular flexibility index (Phi) is 4.10. The van der Waals surface area contributed by atoms with Crippen molar-refractivity contribution in [2.24, 2.45) is 7.05 Å². The molecule has 0 aliphatic carbocycles. The smallest absolute Gasteiger partial charge is 0.0666 e. The zero-order valence-electron chi connectivity index (χ0n) is 9.19. The van der Waals surface area contributed by atoms with Crippen LogP contribution in [0.3, 0.4) is 0 Å². The van der Waals surface area contributed by atoms with Crippen molar-refractivity contribution in [3.8, 4) is 0 Å². The minimum absolute atomic E-state index is 0.207. The van der Waals surface area contributed by atoms with Crippen molar-refractivity contribution in [2.75, 3.05) is 20.2 Å². The Morgan fingerprint density at radius 2 is 2.29 bits per heavy atom. The molecule has 1 heterocycles. The molecule has 0 spiro atoms. The summed E-state index contributed by atoms with van der Waals surface area (Å²) in [6.07, 6.45) is 3.01. The highest BCUT2D eigenvalue weighted by atomic mass is 16.3. The van der Waals surface area contributed by atoms with Gasteiger partial charge in [0.2, 0.25) is 0 Å². The van der Waals surface area contributed by atoms with E-state index in [1.807, 2.05) is 25.0 Å². The first-order valence-corrected chi connectivity index (χ1v) is 4.98. The predicted octanol–water partition coefficient (Wildman–Crippen LogP) is 0.407. The third-order valence-electron chi connectivity index (χ3n) is 2.25. The van der Waals surface area contributed by atoms with Gasteiger partial charge in [0.15, 0.2) is 0 Å². The molecule has 4 heteroatoms. The fourth-order valence-corrected chi connectivity index (χ4v) is 1.55. The molecule has 1 rings (SSSR count). The maximum absolute atomic E-state index is 8.78. The van der Waals surface area contributed by atoms with Gasteiger partial charge in [-0.15, -0.1) is 0 Å². The summed E-state index contributed by atoms with van der Waals surface area (Å²) < 4.78 is 1.85. The molecule has 0 fully saturated rings. The topological polar surface area (TPSA) is 41.3 Å². The van der Waals surface area contributed by atoms with E-state index in [1.54, 1.807) is 0 Å². The van der Waals surface area contributed by atoms with Crippen LogP contribution in [0.2, 0.25) is 0 Å². The fourth-order valence-electron chi connectivity index (χ4n) is 1.55. The Hall–Kier alpha value is -0.870. The molecule has 0 atom stereocenters. The van der Waals surface area contributed by atoms with E-state index in [-0.39, 0.29) is 6.61 Å². The number of aliphatic hydroxyl groups is 1. The first-order valence-electron chi connectivity index (χ1n) is 4.98. The van der Waals surface area contributed by atoms with Gasteiger partial charge < -0.3 is 5.11 Å². The molecule has 0 radical (unpaired) electrons. The lowest BCUT2D eigenvalue weighted by Gasteiger charge is -2.14. The highest BCUT2D eigenvalue weighted by Crippen LogP contribution is 2.09. The molecule has 0 unspecified atom stereocenters. The van der Waals surface area contributed by atoms with Crippen molar-refractivity contribution in [3.63, 3.8) is 0 Å². The molecule has 1 aromatic rings. The summed E-state index contributed by atoms with van der Waals surface area (Å²) in [4.78, 5) is 2.09. The number of nitrogens with zero attached hydrogens (tertiary/aromatic N) is 3. The normalized spacial score (nSPS) is 11.2. The van der Waals surface area contributed by atoms with E-state index in [1.165, 1.54) is 5.56 Å². The Morgan fingerprint density at radius 3 is 2.86 bits per heavy atom. The van der Waals surface area contributed by atoms with Gasteiger partial charge in [0.05, 0.1) is 12.3 Å². The van der Waals surface area contributed by atoms with Crippen molar-refractivity contribution in [2.45, 2.75) is 19.9 Å². The van der Waals surface area contributed by atoms with E-state index < -0.39 is 0 Å². The largest absolute Gasteiger partial charge is 0.395 e. The zero-order chi connectivity index (χ0) is 10.6. The number of aromatic nitrogens is 2. The molecule has 1 N–H and O–H groups in total. The van der Waals surface area contributed by atoms with Gasteiger partial charge in [-0.05, 0) is 13.5 Å². The van der Waals surface area contributed by atoms with Gasteiger partial charge in [0, 0.05) is 31.9 Å². The summed E-state index contributed by atoms with van der Waals surface area (Å²) in [5, 5.41) is 13.2. The number of aryl methyl sites for hydroxylation is 2. The maximum Gasteiger partial charge on any atom is 0.0666 e. The second kappa shape index (κ2) is 5.12. The van der Waals surface area contributed by atoms with Crippen LogP contribution in [-0.4, -0.2) is 40.0 Å². The first-order chi connectivity index (χ1) is 6.67. The number of likely N-dealkylation sites (N-methyl/N-ethyl adjacent to an activating group) is 1. The van der Waals surface area contributed by atoms with E-state index in [9.17, 15) is 0 Å². The average Bonchev–Trinajstić information content (AvgIpc) is 2.46. The Morgan fingerprint density at radius 1 is 1.57 bits per heavy atom. The molecule has 1 aromatic heterocycles. The lowest BCUT2D eigenvalue weighted by Crippen LogP contribution is -2.21. The van der Waals surface area contributed by atoms with Crippen LogP contribution in [0.5, 0.6) is 0 Å². The van der Waals surface area contributed by atoms with Crippen LogP contribution in [0, 0.1) is 0 Å². The standard InChI is InChI=1S/C10H19N3O/c1-4-10-9(8-13(3)11-10)7-12(2)5-6-14/h8,14H,4-7H2,1-3H3. The Labute approximate surface area is 85.1 Å². The van der Waals surface area contributed by atoms with Crippen molar-refractivity contribution in [1.82, 2.24) is 14.7 Å². The molecule has 0 aliphatic rings. The Balaban J connectivity index is 2.65. The highest BCUT2D eigenvalue weighted by molar-refractivity contribution is 5.16. The number of hydrogen-bond donors (Lipinski definition) is 1. The van der Waals surface area contributed by atoms with Gasteiger partial charge in [0.25, 0.3) is 0 Å². The number of rotatable bonds is 5. The summed E-state index contributed by atoms with van der Waals surface area (Å²) in [6, 6.07) is 0. The molecule has 0 aliphatic heterocycles. The van der Waals surface area contributed by atoms with Gasteiger partial charge in [-0.2, -0.15) is 5.10 Å². The summed E-state index contributed by atoms with van der Waals surface area (Å²) >= 11 is 0. The summed E-state index contributed by atoms with van der Waals surface area (Å²) in [5.74, 6) is 0. The second-order valence-electron chi connectivity index (χ2n) is 3.59. The van der Waals surface area contributed by atoms with Crippen LogP contribution in [0.25, 0.3) is 0 Å². The van der Waals surface area contributed by atoms with Crippen LogP contribution >= 0.6 is 0 Å². The molecule has 80 valence electrons. The molecule has 0 saturated carbocycles. The lowest BCUT2D eigenvalue weighted by atomic mass is 10.2. The van der Waals surface area contributed by atoms with E-state index in [2.05, 4.69) is 16.9 Å².